The molecule has 0 bridgehead atoms. The number of fused-ring (bicyclic) bond motifs is 1. The summed E-state index contributed by atoms with van der Waals surface area (Å²) in [5, 5.41) is 7.23. The zero-order chi connectivity index (χ0) is 16.7. The second-order valence-electron chi connectivity index (χ2n) is 5.96. The van der Waals surface area contributed by atoms with Gasteiger partial charge in [-0.15, -0.1) is 0 Å². The van der Waals surface area contributed by atoms with Gasteiger partial charge in [-0.1, -0.05) is 17.4 Å². The van der Waals surface area contributed by atoms with Crippen LogP contribution >= 0.6 is 11.3 Å². The van der Waals surface area contributed by atoms with Crippen LogP contribution in [0, 0.1) is 27.7 Å². The number of aromatic nitrogens is 3. The van der Waals surface area contributed by atoms with E-state index in [9.17, 15) is 4.79 Å². The van der Waals surface area contributed by atoms with Gasteiger partial charge in [0.1, 0.15) is 5.51 Å². The molecule has 2 aromatic heterocycles. The standard InChI is InChI=1S/C17H20N4OS/c1-9-6-10(2)12(4)15(11(9)3)16(22)19-13(5)14-7-21-17(20-14)23-8-18-21/h6-8,13H,1-5H3,(H,19,22)/t13-/m0/s1. The van der Waals surface area contributed by atoms with Crippen LogP contribution in [0.1, 0.15) is 51.3 Å². The van der Waals surface area contributed by atoms with Crippen molar-refractivity contribution in [1.82, 2.24) is 19.9 Å². The van der Waals surface area contributed by atoms with Gasteiger partial charge in [-0.05, 0) is 56.9 Å². The highest BCUT2D eigenvalue weighted by atomic mass is 32.1. The van der Waals surface area contributed by atoms with E-state index in [1.54, 1.807) is 10.0 Å². The van der Waals surface area contributed by atoms with Crippen LogP contribution in [0.2, 0.25) is 0 Å². The molecule has 23 heavy (non-hydrogen) atoms. The number of hydrogen-bond acceptors (Lipinski definition) is 4. The van der Waals surface area contributed by atoms with E-state index >= 15 is 0 Å². The van der Waals surface area contributed by atoms with Gasteiger partial charge in [0.2, 0.25) is 4.96 Å². The van der Waals surface area contributed by atoms with Crippen LogP contribution in [0.3, 0.4) is 0 Å². The number of hydrogen-bond donors (Lipinski definition) is 1. The van der Waals surface area contributed by atoms with Crippen molar-refractivity contribution >= 4 is 22.2 Å². The number of imidazole rings is 1. The van der Waals surface area contributed by atoms with Gasteiger partial charge in [0.15, 0.2) is 0 Å². The van der Waals surface area contributed by atoms with Crippen LogP contribution in [-0.4, -0.2) is 20.5 Å². The number of nitrogens with zero attached hydrogens (tertiary/aromatic N) is 3. The smallest absolute Gasteiger partial charge is 0.252 e. The van der Waals surface area contributed by atoms with E-state index in [1.165, 1.54) is 11.3 Å². The molecule has 6 heteroatoms. The van der Waals surface area contributed by atoms with E-state index in [4.69, 9.17) is 0 Å². The van der Waals surface area contributed by atoms with Gasteiger partial charge in [0.05, 0.1) is 17.9 Å². The highest BCUT2D eigenvalue weighted by Crippen LogP contribution is 2.23. The molecule has 1 amide bonds. The molecular weight excluding hydrogens is 308 g/mol. The molecule has 0 radical (unpaired) electrons. The van der Waals surface area contributed by atoms with Crippen molar-refractivity contribution in [2.45, 2.75) is 40.7 Å². The summed E-state index contributed by atoms with van der Waals surface area (Å²) in [5.74, 6) is -0.0522. The average Bonchev–Trinajstić information content (AvgIpc) is 3.06. The molecule has 2 heterocycles. The zero-order valence-electron chi connectivity index (χ0n) is 14.0. The van der Waals surface area contributed by atoms with Gasteiger partial charge < -0.3 is 5.32 Å². The molecule has 0 saturated heterocycles. The first-order chi connectivity index (χ1) is 10.9. The fraction of sp³-hybridized carbons (Fsp3) is 0.353. The first-order valence-electron chi connectivity index (χ1n) is 7.55. The minimum atomic E-state index is -0.170. The summed E-state index contributed by atoms with van der Waals surface area (Å²) < 4.78 is 1.73. The molecule has 120 valence electrons. The monoisotopic (exact) mass is 328 g/mol. The lowest BCUT2D eigenvalue weighted by atomic mass is 9.93. The van der Waals surface area contributed by atoms with Gasteiger partial charge >= 0.3 is 0 Å². The third-order valence-electron chi connectivity index (χ3n) is 4.39. The number of carbonyl (C=O) groups is 1. The Balaban J connectivity index is 1.88. The van der Waals surface area contributed by atoms with Gasteiger partial charge in [0.25, 0.3) is 5.91 Å². The Labute approximate surface area is 139 Å². The maximum Gasteiger partial charge on any atom is 0.252 e. The highest BCUT2D eigenvalue weighted by Gasteiger charge is 2.19. The number of carbonyl (C=O) groups excluding carboxylic acids is 1. The summed E-state index contributed by atoms with van der Waals surface area (Å²) in [7, 11) is 0. The van der Waals surface area contributed by atoms with E-state index in [0.717, 1.165) is 38.5 Å². The van der Waals surface area contributed by atoms with Crippen molar-refractivity contribution in [3.63, 3.8) is 0 Å². The summed E-state index contributed by atoms with van der Waals surface area (Å²) in [5.41, 5.74) is 7.68. The van der Waals surface area contributed by atoms with Crippen molar-refractivity contribution in [1.29, 1.82) is 0 Å². The number of aryl methyl sites for hydroxylation is 2. The maximum atomic E-state index is 12.8. The summed E-state index contributed by atoms with van der Waals surface area (Å²) in [6.45, 7) is 10.0. The summed E-state index contributed by atoms with van der Waals surface area (Å²) in [6.07, 6.45) is 1.86. The van der Waals surface area contributed by atoms with Crippen molar-refractivity contribution in [3.8, 4) is 0 Å². The van der Waals surface area contributed by atoms with Crippen LogP contribution in [-0.2, 0) is 0 Å². The molecule has 0 unspecified atom stereocenters. The third-order valence-corrected chi connectivity index (χ3v) is 5.08. The van der Waals surface area contributed by atoms with E-state index in [2.05, 4.69) is 21.5 Å². The molecule has 3 aromatic rings. The van der Waals surface area contributed by atoms with Gasteiger partial charge in [-0.3, -0.25) is 4.79 Å². The van der Waals surface area contributed by atoms with Crippen molar-refractivity contribution in [3.05, 3.63) is 51.3 Å². The quantitative estimate of drug-likeness (QED) is 0.800. The molecule has 1 atom stereocenters. The Hall–Kier alpha value is -2.21. The number of nitrogens with one attached hydrogen (secondary N) is 1. The maximum absolute atomic E-state index is 12.8. The van der Waals surface area contributed by atoms with Crippen LogP contribution in [0.15, 0.2) is 17.8 Å². The van der Waals surface area contributed by atoms with Crippen LogP contribution in [0.5, 0.6) is 0 Å². The molecule has 1 aromatic carbocycles. The SMILES string of the molecule is Cc1cc(C)c(C)c(C(=O)N[C@@H](C)c2cn3ncsc3n2)c1C. The van der Waals surface area contributed by atoms with Crippen LogP contribution < -0.4 is 5.32 Å². The predicted octanol–water partition coefficient (Wildman–Crippen LogP) is 3.52. The third kappa shape index (κ3) is 2.74. The fourth-order valence-corrected chi connectivity index (χ4v) is 3.37. The fourth-order valence-electron chi connectivity index (χ4n) is 2.76. The van der Waals surface area contributed by atoms with Crippen molar-refractivity contribution in [2.24, 2.45) is 0 Å². The molecule has 0 aliphatic rings. The highest BCUT2D eigenvalue weighted by molar-refractivity contribution is 7.14. The van der Waals surface area contributed by atoms with Crippen molar-refractivity contribution in [2.75, 3.05) is 0 Å². The molecule has 3 rings (SSSR count). The van der Waals surface area contributed by atoms with Crippen LogP contribution in [0.25, 0.3) is 4.96 Å². The average molecular weight is 328 g/mol. The Kier molecular flexibility index (Phi) is 3.93. The van der Waals surface area contributed by atoms with Gasteiger partial charge in [0, 0.05) is 5.56 Å². The molecular formula is C17H20N4OS. The molecule has 5 nitrogen and oxygen atoms in total. The van der Waals surface area contributed by atoms with E-state index in [0.29, 0.717) is 0 Å². The van der Waals surface area contributed by atoms with Crippen molar-refractivity contribution < 1.29 is 4.79 Å². The number of rotatable bonds is 3. The van der Waals surface area contributed by atoms with E-state index in [1.807, 2.05) is 40.8 Å². The minimum absolute atomic E-state index is 0.0522. The van der Waals surface area contributed by atoms with E-state index in [-0.39, 0.29) is 11.9 Å². The van der Waals surface area contributed by atoms with Gasteiger partial charge in [-0.2, -0.15) is 5.10 Å². The normalized spacial score (nSPS) is 12.6. The lowest BCUT2D eigenvalue weighted by molar-refractivity contribution is 0.0937. The van der Waals surface area contributed by atoms with E-state index < -0.39 is 0 Å². The first kappa shape index (κ1) is 15.7. The predicted molar refractivity (Wildman–Crippen MR) is 92.1 cm³/mol. The summed E-state index contributed by atoms with van der Waals surface area (Å²) in [4.78, 5) is 18.1. The molecule has 0 fully saturated rings. The molecule has 0 aliphatic heterocycles. The Bertz CT molecular complexity index is 839. The molecule has 1 N–H and O–H groups in total. The number of amides is 1. The molecule has 0 saturated carbocycles. The second kappa shape index (κ2) is 5.77. The van der Waals surface area contributed by atoms with Crippen LogP contribution in [0.4, 0.5) is 0 Å². The largest absolute Gasteiger partial charge is 0.344 e. The summed E-state index contributed by atoms with van der Waals surface area (Å²) in [6, 6.07) is 1.95. The molecule has 0 spiro atoms. The Morgan fingerprint density at radius 1 is 1.22 bits per heavy atom. The zero-order valence-corrected chi connectivity index (χ0v) is 14.8. The van der Waals surface area contributed by atoms with Gasteiger partial charge in [-0.25, -0.2) is 9.50 Å². The summed E-state index contributed by atoms with van der Waals surface area (Å²) >= 11 is 1.48. The Morgan fingerprint density at radius 3 is 2.48 bits per heavy atom. The minimum Gasteiger partial charge on any atom is -0.344 e. The topological polar surface area (TPSA) is 59.3 Å². The second-order valence-corrected chi connectivity index (χ2v) is 6.77. The lowest BCUT2D eigenvalue weighted by Gasteiger charge is -2.17. The molecule has 0 aliphatic carbocycles. The number of benzene rings is 1. The Morgan fingerprint density at radius 2 is 1.87 bits per heavy atom. The lowest BCUT2D eigenvalue weighted by Crippen LogP contribution is -2.28. The first-order valence-corrected chi connectivity index (χ1v) is 8.43.